The molecule has 0 radical (unpaired) electrons. The molecule has 0 saturated carbocycles. The van der Waals surface area contributed by atoms with Crippen molar-refractivity contribution in [2.45, 2.75) is 0 Å². The molecular weight excluding hydrogens is 556 g/mol. The Bertz CT molecular complexity index is 2680. The number of hydrogen-bond acceptors (Lipinski definition) is 2. The van der Waals surface area contributed by atoms with Crippen LogP contribution in [-0.4, -0.2) is 9.97 Å². The van der Waals surface area contributed by atoms with Crippen LogP contribution in [0.15, 0.2) is 158 Å². The van der Waals surface area contributed by atoms with E-state index in [1.807, 2.05) is 6.07 Å². The van der Waals surface area contributed by atoms with Crippen molar-refractivity contribution in [3.8, 4) is 55.9 Å². The van der Waals surface area contributed by atoms with Crippen LogP contribution in [-0.2, 0) is 0 Å². The molecule has 0 aliphatic heterocycles. The van der Waals surface area contributed by atoms with Crippen molar-refractivity contribution in [3.63, 3.8) is 0 Å². The topological polar surface area (TPSA) is 25.8 Å². The van der Waals surface area contributed by atoms with Gasteiger partial charge in [0, 0.05) is 21.9 Å². The van der Waals surface area contributed by atoms with Crippen molar-refractivity contribution < 1.29 is 0 Å². The Morgan fingerprint density at radius 1 is 0.304 bits per heavy atom. The summed E-state index contributed by atoms with van der Waals surface area (Å²) in [6.45, 7) is 0. The van der Waals surface area contributed by atoms with Crippen molar-refractivity contribution in [3.05, 3.63) is 158 Å². The van der Waals surface area contributed by atoms with Gasteiger partial charge in [-0.3, -0.25) is 0 Å². The summed E-state index contributed by atoms with van der Waals surface area (Å²) in [5.41, 5.74) is 13.7. The average molecular weight is 583 g/mol. The second kappa shape index (κ2) is 9.69. The first kappa shape index (κ1) is 25.2. The van der Waals surface area contributed by atoms with Crippen LogP contribution in [0, 0.1) is 0 Å². The minimum absolute atomic E-state index is 0.930. The summed E-state index contributed by atoms with van der Waals surface area (Å²) in [7, 11) is 0. The summed E-state index contributed by atoms with van der Waals surface area (Å²) in [6, 6.07) is 56.6. The highest BCUT2D eigenvalue weighted by atomic mass is 14.8. The second-order valence-corrected chi connectivity index (χ2v) is 12.1. The molecular formula is C44H26N2. The van der Waals surface area contributed by atoms with Crippen LogP contribution < -0.4 is 0 Å². The van der Waals surface area contributed by atoms with E-state index < -0.39 is 0 Å². The fourth-order valence-corrected chi connectivity index (χ4v) is 7.41. The van der Waals surface area contributed by atoms with Crippen LogP contribution in [0.4, 0.5) is 0 Å². The Kier molecular flexibility index (Phi) is 5.31. The van der Waals surface area contributed by atoms with Crippen molar-refractivity contribution in [1.82, 2.24) is 9.97 Å². The molecule has 1 aliphatic carbocycles. The average Bonchev–Trinajstić information content (AvgIpc) is 3.45. The third kappa shape index (κ3) is 3.71. The predicted octanol–water partition coefficient (Wildman–Crippen LogP) is 11.7. The Labute approximate surface area is 266 Å². The minimum Gasteiger partial charge on any atom is -0.245 e. The Balaban J connectivity index is 1.14. The third-order valence-corrected chi connectivity index (χ3v) is 9.61. The van der Waals surface area contributed by atoms with E-state index in [1.54, 1.807) is 0 Å². The lowest BCUT2D eigenvalue weighted by Crippen LogP contribution is -1.91. The molecule has 0 fully saturated rings. The Morgan fingerprint density at radius 2 is 0.913 bits per heavy atom. The van der Waals surface area contributed by atoms with Crippen molar-refractivity contribution in [2.24, 2.45) is 0 Å². The van der Waals surface area contributed by atoms with Crippen LogP contribution in [0.3, 0.4) is 0 Å². The number of nitrogens with zero attached hydrogens (tertiary/aromatic N) is 2. The van der Waals surface area contributed by atoms with E-state index in [0.717, 1.165) is 44.3 Å². The van der Waals surface area contributed by atoms with Crippen molar-refractivity contribution >= 4 is 43.4 Å². The molecule has 2 nitrogen and oxygen atoms in total. The van der Waals surface area contributed by atoms with E-state index in [4.69, 9.17) is 9.97 Å². The first-order valence-electron chi connectivity index (χ1n) is 15.8. The standard InChI is InChI=1S/C44H26N2/c1-2-9-28(10-3-1)40-24-19-29-16-17-30-20-25-41(46-44(30)43(29)45-40)35-22-23-38-39-26-31(33-13-6-11-27-8-4-5-12-32(27)33)18-21-34(39)36-14-7-15-37(35)42(36)38/h1-26H. The van der Waals surface area contributed by atoms with Gasteiger partial charge in [-0.25, -0.2) is 9.97 Å². The molecule has 0 saturated heterocycles. The maximum atomic E-state index is 5.31. The zero-order valence-electron chi connectivity index (χ0n) is 24.9. The summed E-state index contributed by atoms with van der Waals surface area (Å²) >= 11 is 0. The number of pyridine rings is 2. The lowest BCUT2D eigenvalue weighted by atomic mass is 9.94. The van der Waals surface area contributed by atoms with E-state index in [1.165, 1.54) is 54.9 Å². The zero-order valence-corrected chi connectivity index (χ0v) is 24.9. The van der Waals surface area contributed by atoms with Gasteiger partial charge < -0.3 is 0 Å². The summed E-state index contributed by atoms with van der Waals surface area (Å²) in [5, 5.41) is 7.25. The van der Waals surface area contributed by atoms with Gasteiger partial charge in [0.15, 0.2) is 0 Å². The smallest absolute Gasteiger partial charge is 0.0972 e. The molecule has 1 aliphatic rings. The number of aromatic nitrogens is 2. The van der Waals surface area contributed by atoms with E-state index in [2.05, 4.69) is 152 Å². The van der Waals surface area contributed by atoms with Crippen LogP contribution in [0.5, 0.6) is 0 Å². The molecule has 212 valence electrons. The molecule has 7 aromatic carbocycles. The molecule has 0 spiro atoms. The molecule has 9 aromatic rings. The van der Waals surface area contributed by atoms with E-state index in [9.17, 15) is 0 Å². The van der Waals surface area contributed by atoms with E-state index >= 15 is 0 Å². The minimum atomic E-state index is 0.930. The van der Waals surface area contributed by atoms with Gasteiger partial charge in [-0.15, -0.1) is 0 Å². The molecule has 0 amide bonds. The lowest BCUT2D eigenvalue weighted by Gasteiger charge is -2.11. The van der Waals surface area contributed by atoms with Gasteiger partial charge in [-0.05, 0) is 73.1 Å². The van der Waals surface area contributed by atoms with Crippen LogP contribution in [0.25, 0.3) is 99.2 Å². The van der Waals surface area contributed by atoms with Crippen molar-refractivity contribution in [2.75, 3.05) is 0 Å². The lowest BCUT2D eigenvalue weighted by molar-refractivity contribution is 1.37. The maximum absolute atomic E-state index is 5.31. The zero-order chi connectivity index (χ0) is 30.2. The van der Waals surface area contributed by atoms with E-state index in [0.29, 0.717) is 0 Å². The highest BCUT2D eigenvalue weighted by Crippen LogP contribution is 2.50. The molecule has 2 heterocycles. The first-order valence-corrected chi connectivity index (χ1v) is 15.8. The van der Waals surface area contributed by atoms with Crippen molar-refractivity contribution in [1.29, 1.82) is 0 Å². The molecule has 0 unspecified atom stereocenters. The number of benzene rings is 7. The van der Waals surface area contributed by atoms with E-state index in [-0.39, 0.29) is 0 Å². The molecule has 10 rings (SSSR count). The summed E-state index contributed by atoms with van der Waals surface area (Å²) < 4.78 is 0. The second-order valence-electron chi connectivity index (χ2n) is 12.1. The Hall–Kier alpha value is -6.12. The van der Waals surface area contributed by atoms with Gasteiger partial charge in [0.1, 0.15) is 0 Å². The molecule has 0 N–H and O–H groups in total. The molecule has 0 bridgehead atoms. The monoisotopic (exact) mass is 582 g/mol. The van der Waals surface area contributed by atoms with Gasteiger partial charge >= 0.3 is 0 Å². The highest BCUT2D eigenvalue weighted by Gasteiger charge is 2.24. The number of rotatable bonds is 3. The quantitative estimate of drug-likeness (QED) is 0.194. The molecule has 2 heteroatoms. The Morgan fingerprint density at radius 3 is 1.78 bits per heavy atom. The summed E-state index contributed by atoms with van der Waals surface area (Å²) in [4.78, 5) is 10.4. The van der Waals surface area contributed by atoms with Gasteiger partial charge in [-0.2, -0.15) is 0 Å². The highest BCUT2D eigenvalue weighted by molar-refractivity contribution is 6.19. The third-order valence-electron chi connectivity index (χ3n) is 9.61. The predicted molar refractivity (Wildman–Crippen MR) is 193 cm³/mol. The number of hydrogen-bond donors (Lipinski definition) is 0. The molecule has 0 atom stereocenters. The van der Waals surface area contributed by atoms with Crippen LogP contribution in [0.1, 0.15) is 0 Å². The summed E-state index contributed by atoms with van der Waals surface area (Å²) in [5.74, 6) is 0. The van der Waals surface area contributed by atoms with Gasteiger partial charge in [0.2, 0.25) is 0 Å². The van der Waals surface area contributed by atoms with Gasteiger partial charge in [0.25, 0.3) is 0 Å². The maximum Gasteiger partial charge on any atom is 0.0972 e. The van der Waals surface area contributed by atoms with Gasteiger partial charge in [0.05, 0.1) is 22.4 Å². The SMILES string of the molecule is c1ccc(-c2ccc3ccc4ccc(-c5ccc6c7c(cccc57)-c5ccc(-c7cccc8ccccc78)cc5-6)nc4c3n2)cc1. The normalized spacial score (nSPS) is 11.9. The largest absolute Gasteiger partial charge is 0.245 e. The molecule has 46 heavy (non-hydrogen) atoms. The fourth-order valence-electron chi connectivity index (χ4n) is 7.41. The van der Waals surface area contributed by atoms with Crippen LogP contribution >= 0.6 is 0 Å². The summed E-state index contributed by atoms with van der Waals surface area (Å²) in [6.07, 6.45) is 0. The van der Waals surface area contributed by atoms with Gasteiger partial charge in [-0.1, -0.05) is 140 Å². The number of fused-ring (bicyclic) bond motifs is 7. The van der Waals surface area contributed by atoms with Crippen LogP contribution in [0.2, 0.25) is 0 Å². The fraction of sp³-hybridized carbons (Fsp3) is 0. The first-order chi connectivity index (χ1) is 22.8. The molecule has 2 aromatic heterocycles.